The highest BCUT2D eigenvalue weighted by molar-refractivity contribution is 7.52. The van der Waals surface area contributed by atoms with Gasteiger partial charge in [0, 0.05) is 6.66 Å². The van der Waals surface area contributed by atoms with E-state index in [-0.39, 0.29) is 0 Å². The number of hydrogen-bond acceptors (Lipinski definition) is 3. The van der Waals surface area contributed by atoms with Crippen molar-refractivity contribution in [3.63, 3.8) is 0 Å². The third kappa shape index (κ3) is 10.4. The molecule has 1 atom stereocenters. The van der Waals surface area contributed by atoms with Gasteiger partial charge < -0.3 is 9.05 Å². The zero-order valence-corrected chi connectivity index (χ0v) is 11.2. The average molecular weight is 236 g/mol. The lowest BCUT2D eigenvalue weighted by molar-refractivity contribution is 0.213. The van der Waals surface area contributed by atoms with Crippen molar-refractivity contribution in [1.82, 2.24) is 0 Å². The third-order valence-corrected chi connectivity index (χ3v) is 3.57. The van der Waals surface area contributed by atoms with Crippen molar-refractivity contribution in [2.45, 2.75) is 52.4 Å². The minimum absolute atomic E-state index is 0.449. The maximum atomic E-state index is 11.5. The summed E-state index contributed by atoms with van der Waals surface area (Å²) in [7, 11) is -2.75. The number of unbranched alkanes of at least 4 members (excludes halogenated alkanes) is 5. The van der Waals surface area contributed by atoms with Crippen LogP contribution in [0.25, 0.3) is 0 Å². The minimum atomic E-state index is -2.75. The Morgan fingerprint density at radius 2 is 1.53 bits per heavy atom. The molecule has 0 radical (unpaired) electrons. The van der Waals surface area contributed by atoms with E-state index in [1.807, 2.05) is 6.92 Å². The van der Waals surface area contributed by atoms with Gasteiger partial charge in [0.2, 0.25) is 0 Å². The molecule has 0 aliphatic heterocycles. The van der Waals surface area contributed by atoms with Crippen LogP contribution in [-0.4, -0.2) is 19.9 Å². The first-order chi connectivity index (χ1) is 7.12. The van der Waals surface area contributed by atoms with E-state index in [2.05, 4.69) is 6.92 Å². The number of rotatable bonds is 10. The van der Waals surface area contributed by atoms with Gasteiger partial charge in [-0.2, -0.15) is 0 Å². The zero-order chi connectivity index (χ0) is 11.6. The monoisotopic (exact) mass is 236 g/mol. The Balaban J connectivity index is 3.26. The van der Waals surface area contributed by atoms with Crippen LogP contribution in [0.2, 0.25) is 0 Å². The van der Waals surface area contributed by atoms with Crippen LogP contribution in [0.1, 0.15) is 52.4 Å². The van der Waals surface area contributed by atoms with Gasteiger partial charge in [-0.25, -0.2) is 0 Å². The van der Waals surface area contributed by atoms with Crippen LogP contribution in [0.15, 0.2) is 0 Å². The van der Waals surface area contributed by atoms with E-state index >= 15 is 0 Å². The highest BCUT2D eigenvalue weighted by Gasteiger charge is 2.14. The normalized spacial score (nSPS) is 15.1. The Morgan fingerprint density at radius 1 is 0.933 bits per heavy atom. The number of hydrogen-bond donors (Lipinski definition) is 0. The van der Waals surface area contributed by atoms with Gasteiger partial charge in [0.05, 0.1) is 13.2 Å². The van der Waals surface area contributed by atoms with E-state index in [0.717, 1.165) is 12.8 Å². The van der Waals surface area contributed by atoms with Gasteiger partial charge in [-0.3, -0.25) is 4.57 Å². The van der Waals surface area contributed by atoms with Crippen LogP contribution in [-0.2, 0) is 13.6 Å². The molecule has 0 fully saturated rings. The summed E-state index contributed by atoms with van der Waals surface area (Å²) >= 11 is 0. The average Bonchev–Trinajstić information content (AvgIpc) is 2.16. The molecule has 1 unspecified atom stereocenters. The predicted molar refractivity (Wildman–Crippen MR) is 64.5 cm³/mol. The van der Waals surface area contributed by atoms with Gasteiger partial charge in [0.1, 0.15) is 0 Å². The fraction of sp³-hybridized carbons (Fsp3) is 1.00. The van der Waals surface area contributed by atoms with Gasteiger partial charge in [0.25, 0.3) is 0 Å². The summed E-state index contributed by atoms with van der Waals surface area (Å²) in [4.78, 5) is 0. The van der Waals surface area contributed by atoms with Crippen molar-refractivity contribution in [2.75, 3.05) is 19.9 Å². The Bertz CT molecular complexity index is 183. The maximum absolute atomic E-state index is 11.5. The topological polar surface area (TPSA) is 35.5 Å². The molecule has 3 nitrogen and oxygen atoms in total. The predicted octanol–water partition coefficient (Wildman–Crippen LogP) is 4.22. The standard InChI is InChI=1S/C11H25O3P/c1-4-6-7-8-9-10-11-14-15(3,12)13-5-2/h4-11H2,1-3H3. The lowest BCUT2D eigenvalue weighted by atomic mass is 10.1. The smallest absolute Gasteiger partial charge is 0.309 e. The molecule has 0 aromatic heterocycles. The van der Waals surface area contributed by atoms with Gasteiger partial charge in [-0.05, 0) is 13.3 Å². The quantitative estimate of drug-likeness (QED) is 0.420. The Hall–Kier alpha value is 0.150. The van der Waals surface area contributed by atoms with Crippen molar-refractivity contribution < 1.29 is 13.6 Å². The van der Waals surface area contributed by atoms with Gasteiger partial charge >= 0.3 is 7.60 Å². The van der Waals surface area contributed by atoms with E-state index in [9.17, 15) is 4.57 Å². The molecule has 0 spiro atoms. The molecule has 0 aliphatic rings. The summed E-state index contributed by atoms with van der Waals surface area (Å²) in [5.41, 5.74) is 0. The van der Waals surface area contributed by atoms with E-state index in [1.165, 1.54) is 32.3 Å². The molecule has 0 aromatic rings. The molecule has 92 valence electrons. The molecule has 0 amide bonds. The summed E-state index contributed by atoms with van der Waals surface area (Å²) < 4.78 is 21.7. The molecular formula is C11H25O3P. The lowest BCUT2D eigenvalue weighted by Crippen LogP contribution is -1.96. The molecule has 0 aliphatic carbocycles. The van der Waals surface area contributed by atoms with Gasteiger partial charge in [0.15, 0.2) is 0 Å². The second-order valence-corrected chi connectivity index (χ2v) is 5.85. The minimum Gasteiger partial charge on any atom is -0.309 e. The van der Waals surface area contributed by atoms with Gasteiger partial charge in [-0.15, -0.1) is 0 Å². The second kappa shape index (κ2) is 9.38. The van der Waals surface area contributed by atoms with Gasteiger partial charge in [-0.1, -0.05) is 39.0 Å². The van der Waals surface area contributed by atoms with Crippen LogP contribution in [0.5, 0.6) is 0 Å². The first-order valence-electron chi connectivity index (χ1n) is 5.99. The molecule has 0 aromatic carbocycles. The first-order valence-corrected chi connectivity index (χ1v) is 7.98. The van der Waals surface area contributed by atoms with Crippen LogP contribution < -0.4 is 0 Å². The Kier molecular flexibility index (Phi) is 9.48. The lowest BCUT2D eigenvalue weighted by Gasteiger charge is -2.12. The molecule has 0 heterocycles. The third-order valence-electron chi connectivity index (χ3n) is 2.19. The summed E-state index contributed by atoms with van der Waals surface area (Å²) in [5.74, 6) is 0. The summed E-state index contributed by atoms with van der Waals surface area (Å²) in [5, 5.41) is 0. The zero-order valence-electron chi connectivity index (χ0n) is 10.3. The molecular weight excluding hydrogens is 211 g/mol. The largest absolute Gasteiger partial charge is 0.327 e. The molecule has 0 bridgehead atoms. The summed E-state index contributed by atoms with van der Waals surface area (Å²) in [6.45, 7) is 6.57. The fourth-order valence-corrected chi connectivity index (χ4v) is 2.39. The van der Waals surface area contributed by atoms with Crippen molar-refractivity contribution in [3.8, 4) is 0 Å². The SMILES string of the molecule is CCCCCCCCOP(C)(=O)OCC. The summed E-state index contributed by atoms with van der Waals surface area (Å²) in [6.07, 6.45) is 7.27. The van der Waals surface area contributed by atoms with E-state index in [0.29, 0.717) is 13.2 Å². The Labute approximate surface area is 94.1 Å². The van der Waals surface area contributed by atoms with Crippen molar-refractivity contribution in [2.24, 2.45) is 0 Å². The maximum Gasteiger partial charge on any atom is 0.327 e. The first kappa shape index (κ1) is 15.2. The molecule has 0 saturated carbocycles. The molecule has 0 rings (SSSR count). The van der Waals surface area contributed by atoms with Crippen molar-refractivity contribution >= 4 is 7.60 Å². The second-order valence-electron chi connectivity index (χ2n) is 3.79. The van der Waals surface area contributed by atoms with Crippen LogP contribution >= 0.6 is 7.60 Å². The van der Waals surface area contributed by atoms with Crippen LogP contribution in [0, 0.1) is 0 Å². The van der Waals surface area contributed by atoms with Crippen molar-refractivity contribution in [3.05, 3.63) is 0 Å². The van der Waals surface area contributed by atoms with E-state index in [1.54, 1.807) is 0 Å². The fourth-order valence-electron chi connectivity index (χ4n) is 1.38. The van der Waals surface area contributed by atoms with E-state index in [4.69, 9.17) is 9.05 Å². The highest BCUT2D eigenvalue weighted by atomic mass is 31.2. The van der Waals surface area contributed by atoms with Crippen LogP contribution in [0.3, 0.4) is 0 Å². The van der Waals surface area contributed by atoms with Crippen molar-refractivity contribution in [1.29, 1.82) is 0 Å². The summed E-state index contributed by atoms with van der Waals surface area (Å²) in [6, 6.07) is 0. The van der Waals surface area contributed by atoms with E-state index < -0.39 is 7.60 Å². The highest BCUT2D eigenvalue weighted by Crippen LogP contribution is 2.43. The molecule has 0 N–H and O–H groups in total. The molecule has 15 heavy (non-hydrogen) atoms. The molecule has 4 heteroatoms. The Morgan fingerprint density at radius 3 is 2.13 bits per heavy atom. The molecule has 0 saturated heterocycles. The van der Waals surface area contributed by atoms with Crippen LogP contribution in [0.4, 0.5) is 0 Å².